The number of nitrogens with two attached hydrogens (primary N) is 1. The highest BCUT2D eigenvalue weighted by molar-refractivity contribution is 5.81. The Balaban J connectivity index is 2.57. The smallest absolute Gasteiger partial charge is 0.325 e. The first-order valence-corrected chi connectivity index (χ1v) is 4.95. The van der Waals surface area contributed by atoms with Crippen molar-refractivity contribution >= 4 is 11.8 Å². The van der Waals surface area contributed by atoms with Gasteiger partial charge in [0.2, 0.25) is 11.8 Å². The lowest BCUT2D eigenvalue weighted by Crippen LogP contribution is -2.40. The second-order valence-electron chi connectivity index (χ2n) is 3.51. The summed E-state index contributed by atoms with van der Waals surface area (Å²) in [5.74, 6) is -1.53. The van der Waals surface area contributed by atoms with Crippen molar-refractivity contribution in [2.24, 2.45) is 5.73 Å². The standard InChI is InChI=1S/C9H12N4O5/c10-8(17)5(14)3-11-6(15)1-4-2-7(16)13-9(18)12-4/h2,5,14H,1,3H2,(H2,10,17)(H,11,15)(H2,12,13,16,18). The normalized spacial score (nSPS) is 11.8. The van der Waals surface area contributed by atoms with E-state index in [9.17, 15) is 19.2 Å². The molecule has 2 amide bonds. The number of H-pyrrole nitrogens is 2. The summed E-state index contributed by atoms with van der Waals surface area (Å²) < 4.78 is 0. The number of aromatic nitrogens is 2. The highest BCUT2D eigenvalue weighted by Gasteiger charge is 2.12. The van der Waals surface area contributed by atoms with Gasteiger partial charge in [-0.25, -0.2) is 4.79 Å². The molecule has 1 rings (SSSR count). The molecule has 0 saturated heterocycles. The minimum Gasteiger partial charge on any atom is -0.381 e. The molecule has 1 atom stereocenters. The summed E-state index contributed by atoms with van der Waals surface area (Å²) in [5.41, 5.74) is 3.56. The van der Waals surface area contributed by atoms with E-state index in [-0.39, 0.29) is 18.7 Å². The molecule has 1 aromatic rings. The van der Waals surface area contributed by atoms with Crippen molar-refractivity contribution in [3.05, 3.63) is 32.6 Å². The molecule has 1 aromatic heterocycles. The summed E-state index contributed by atoms with van der Waals surface area (Å²) in [7, 11) is 0. The molecule has 0 radical (unpaired) electrons. The second-order valence-corrected chi connectivity index (χ2v) is 3.51. The quantitative estimate of drug-likeness (QED) is 0.370. The van der Waals surface area contributed by atoms with Crippen LogP contribution in [0.25, 0.3) is 0 Å². The third kappa shape index (κ3) is 4.22. The predicted octanol–water partition coefficient (Wildman–Crippen LogP) is -3.43. The van der Waals surface area contributed by atoms with Crippen LogP contribution in [-0.4, -0.2) is 39.5 Å². The Morgan fingerprint density at radius 1 is 1.39 bits per heavy atom. The van der Waals surface area contributed by atoms with Crippen molar-refractivity contribution in [1.82, 2.24) is 15.3 Å². The van der Waals surface area contributed by atoms with Gasteiger partial charge >= 0.3 is 5.69 Å². The number of aliphatic hydroxyl groups is 1. The molecule has 0 saturated carbocycles. The minimum absolute atomic E-state index is 0.120. The Bertz CT molecular complexity index is 532. The van der Waals surface area contributed by atoms with Crippen molar-refractivity contribution < 1.29 is 14.7 Å². The number of primary amides is 1. The average Bonchev–Trinajstić information content (AvgIpc) is 2.24. The van der Waals surface area contributed by atoms with Crippen molar-refractivity contribution in [2.75, 3.05) is 6.54 Å². The molecule has 1 unspecified atom stereocenters. The van der Waals surface area contributed by atoms with Crippen LogP contribution in [-0.2, 0) is 16.0 Å². The van der Waals surface area contributed by atoms with E-state index < -0.39 is 29.2 Å². The van der Waals surface area contributed by atoms with Crippen LogP contribution in [0.3, 0.4) is 0 Å². The summed E-state index contributed by atoms with van der Waals surface area (Å²) in [5, 5.41) is 11.3. The number of carbonyl (C=O) groups is 2. The van der Waals surface area contributed by atoms with Gasteiger partial charge < -0.3 is 21.1 Å². The van der Waals surface area contributed by atoms with Crippen LogP contribution in [0.2, 0.25) is 0 Å². The summed E-state index contributed by atoms with van der Waals surface area (Å²) in [6.07, 6.45) is -1.74. The molecule has 18 heavy (non-hydrogen) atoms. The Morgan fingerprint density at radius 3 is 2.61 bits per heavy atom. The zero-order valence-corrected chi connectivity index (χ0v) is 9.23. The Labute approximate surface area is 100 Å². The van der Waals surface area contributed by atoms with E-state index in [1.54, 1.807) is 0 Å². The molecular formula is C9H12N4O5. The van der Waals surface area contributed by atoms with Gasteiger partial charge in [-0.2, -0.15) is 0 Å². The van der Waals surface area contributed by atoms with Crippen LogP contribution in [0.4, 0.5) is 0 Å². The highest BCUT2D eigenvalue weighted by atomic mass is 16.3. The number of aromatic amines is 2. The van der Waals surface area contributed by atoms with E-state index in [1.807, 2.05) is 4.98 Å². The van der Waals surface area contributed by atoms with Gasteiger partial charge in [-0.3, -0.25) is 19.4 Å². The van der Waals surface area contributed by atoms with Crippen LogP contribution in [0, 0.1) is 0 Å². The average molecular weight is 256 g/mol. The van der Waals surface area contributed by atoms with Gasteiger partial charge in [0, 0.05) is 11.8 Å². The Kier molecular flexibility index (Phi) is 4.38. The summed E-state index contributed by atoms with van der Waals surface area (Å²) in [4.78, 5) is 47.9. The number of carbonyl (C=O) groups excluding carboxylic acids is 2. The molecule has 98 valence electrons. The topological polar surface area (TPSA) is 158 Å². The number of rotatable bonds is 5. The fraction of sp³-hybridized carbons (Fsp3) is 0.333. The first-order valence-electron chi connectivity index (χ1n) is 4.95. The maximum atomic E-state index is 11.4. The largest absolute Gasteiger partial charge is 0.381 e. The van der Waals surface area contributed by atoms with Crippen molar-refractivity contribution in [1.29, 1.82) is 0 Å². The molecule has 0 fully saturated rings. The zero-order chi connectivity index (χ0) is 13.7. The molecule has 9 heteroatoms. The van der Waals surface area contributed by atoms with Gasteiger partial charge in [0.05, 0.1) is 13.0 Å². The van der Waals surface area contributed by atoms with Crippen molar-refractivity contribution in [2.45, 2.75) is 12.5 Å². The maximum Gasteiger partial charge on any atom is 0.325 e. The lowest BCUT2D eigenvalue weighted by Gasteiger charge is -2.08. The second kappa shape index (κ2) is 5.77. The van der Waals surface area contributed by atoms with E-state index in [4.69, 9.17) is 10.8 Å². The fourth-order valence-corrected chi connectivity index (χ4v) is 1.16. The molecule has 6 N–H and O–H groups in total. The van der Waals surface area contributed by atoms with Crippen LogP contribution in [0.1, 0.15) is 5.69 Å². The van der Waals surface area contributed by atoms with E-state index >= 15 is 0 Å². The third-order valence-corrected chi connectivity index (χ3v) is 1.99. The number of hydrogen-bond donors (Lipinski definition) is 5. The van der Waals surface area contributed by atoms with Crippen LogP contribution in [0.15, 0.2) is 15.7 Å². The summed E-state index contributed by atoms with van der Waals surface area (Å²) in [6.45, 7) is -0.332. The lowest BCUT2D eigenvalue weighted by molar-refractivity contribution is -0.126. The summed E-state index contributed by atoms with van der Waals surface area (Å²) in [6, 6.07) is 1.06. The Hall–Kier alpha value is -2.42. The Morgan fingerprint density at radius 2 is 2.06 bits per heavy atom. The maximum absolute atomic E-state index is 11.4. The first-order chi connectivity index (χ1) is 8.38. The highest BCUT2D eigenvalue weighted by Crippen LogP contribution is 1.88. The van der Waals surface area contributed by atoms with Gasteiger partial charge in [0.1, 0.15) is 6.10 Å². The third-order valence-electron chi connectivity index (χ3n) is 1.99. The van der Waals surface area contributed by atoms with Crippen molar-refractivity contribution in [3.8, 4) is 0 Å². The molecule has 0 aliphatic heterocycles. The predicted molar refractivity (Wildman–Crippen MR) is 59.6 cm³/mol. The first kappa shape index (κ1) is 13.6. The number of amides is 2. The van der Waals surface area contributed by atoms with Crippen molar-refractivity contribution in [3.63, 3.8) is 0 Å². The fourth-order valence-electron chi connectivity index (χ4n) is 1.16. The number of aliphatic hydroxyl groups excluding tert-OH is 1. The van der Waals surface area contributed by atoms with Gasteiger partial charge in [0.15, 0.2) is 0 Å². The minimum atomic E-state index is -1.48. The SMILES string of the molecule is NC(=O)C(O)CNC(=O)Cc1cc(=O)[nH]c(=O)[nH]1. The number of nitrogens with one attached hydrogen (secondary N) is 3. The molecule has 0 bridgehead atoms. The van der Waals surface area contributed by atoms with Crippen LogP contribution < -0.4 is 22.3 Å². The van der Waals surface area contributed by atoms with E-state index in [2.05, 4.69) is 10.3 Å². The van der Waals surface area contributed by atoms with E-state index in [0.29, 0.717) is 0 Å². The lowest BCUT2D eigenvalue weighted by atomic mass is 10.2. The number of hydrogen-bond acceptors (Lipinski definition) is 5. The van der Waals surface area contributed by atoms with Gasteiger partial charge in [-0.05, 0) is 0 Å². The van der Waals surface area contributed by atoms with Crippen LogP contribution in [0.5, 0.6) is 0 Å². The molecule has 0 aliphatic rings. The molecular weight excluding hydrogens is 244 g/mol. The van der Waals surface area contributed by atoms with Gasteiger partial charge in [0.25, 0.3) is 5.56 Å². The molecule has 0 aliphatic carbocycles. The van der Waals surface area contributed by atoms with E-state index in [1.165, 1.54) is 0 Å². The van der Waals surface area contributed by atoms with E-state index in [0.717, 1.165) is 6.07 Å². The van der Waals surface area contributed by atoms with Crippen LogP contribution >= 0.6 is 0 Å². The van der Waals surface area contributed by atoms with Gasteiger partial charge in [-0.15, -0.1) is 0 Å². The molecule has 1 heterocycles. The van der Waals surface area contributed by atoms with Gasteiger partial charge in [-0.1, -0.05) is 0 Å². The summed E-state index contributed by atoms with van der Waals surface area (Å²) >= 11 is 0. The molecule has 0 aromatic carbocycles. The molecule has 0 spiro atoms. The molecule has 9 nitrogen and oxygen atoms in total. The monoisotopic (exact) mass is 256 g/mol. The zero-order valence-electron chi connectivity index (χ0n) is 9.23.